The van der Waals surface area contributed by atoms with Gasteiger partial charge in [0, 0.05) is 6.42 Å². The normalized spacial score (nSPS) is 10.4. The Morgan fingerprint density at radius 3 is 2.47 bits per heavy atom. The molecule has 0 heterocycles. The number of ether oxygens (including phenoxy) is 2. The van der Waals surface area contributed by atoms with Gasteiger partial charge in [0.15, 0.2) is 11.5 Å². The molecule has 17 heavy (non-hydrogen) atoms. The maximum Gasteiger partial charge on any atom is 0.267 e. The van der Waals surface area contributed by atoms with E-state index in [1.165, 1.54) is 20.3 Å². The van der Waals surface area contributed by atoms with Gasteiger partial charge in [-0.05, 0) is 24.1 Å². The minimum Gasteiger partial charge on any atom is -0.493 e. The summed E-state index contributed by atoms with van der Waals surface area (Å²) in [6.07, 6.45) is -1.20. The van der Waals surface area contributed by atoms with Crippen LogP contribution >= 0.6 is 0 Å². The second-order valence-electron chi connectivity index (χ2n) is 3.43. The fourth-order valence-electron chi connectivity index (χ4n) is 1.59. The standard InChI is InChI=1S/C12H14F2O3/c1-16-10-7-8(4-3-5-15)6-9(12(13)14)11(10)17-2/h5-7,12H,3-4H2,1-2H3. The topological polar surface area (TPSA) is 35.5 Å². The summed E-state index contributed by atoms with van der Waals surface area (Å²) in [5, 5.41) is 0. The lowest BCUT2D eigenvalue weighted by Gasteiger charge is -2.14. The molecule has 0 aliphatic heterocycles. The number of rotatable bonds is 6. The molecule has 0 saturated carbocycles. The summed E-state index contributed by atoms with van der Waals surface area (Å²) in [6.45, 7) is 0. The van der Waals surface area contributed by atoms with Gasteiger partial charge in [0.1, 0.15) is 6.29 Å². The van der Waals surface area contributed by atoms with Crippen molar-refractivity contribution in [3.8, 4) is 11.5 Å². The number of carbonyl (C=O) groups excluding carboxylic acids is 1. The van der Waals surface area contributed by atoms with Crippen molar-refractivity contribution >= 4 is 6.29 Å². The molecule has 0 radical (unpaired) electrons. The van der Waals surface area contributed by atoms with Gasteiger partial charge in [-0.2, -0.15) is 0 Å². The van der Waals surface area contributed by atoms with Crippen molar-refractivity contribution < 1.29 is 23.0 Å². The Bertz CT molecular complexity index is 392. The summed E-state index contributed by atoms with van der Waals surface area (Å²) < 4.78 is 35.6. The van der Waals surface area contributed by atoms with Crippen LogP contribution in [0, 0.1) is 0 Å². The molecule has 1 aromatic rings. The van der Waals surface area contributed by atoms with Crippen LogP contribution in [-0.2, 0) is 11.2 Å². The third-order valence-corrected chi connectivity index (χ3v) is 2.35. The molecular formula is C12H14F2O3. The van der Waals surface area contributed by atoms with Crippen LogP contribution in [0.15, 0.2) is 12.1 Å². The van der Waals surface area contributed by atoms with Gasteiger partial charge >= 0.3 is 0 Å². The highest BCUT2D eigenvalue weighted by atomic mass is 19.3. The molecule has 0 atom stereocenters. The molecule has 0 spiro atoms. The van der Waals surface area contributed by atoms with E-state index in [2.05, 4.69) is 0 Å². The third-order valence-electron chi connectivity index (χ3n) is 2.35. The Morgan fingerprint density at radius 1 is 1.29 bits per heavy atom. The number of aryl methyl sites for hydroxylation is 1. The second-order valence-corrected chi connectivity index (χ2v) is 3.43. The van der Waals surface area contributed by atoms with Gasteiger partial charge in [0.2, 0.25) is 0 Å². The predicted octanol–water partition coefficient (Wildman–Crippen LogP) is 2.77. The number of aldehydes is 1. The van der Waals surface area contributed by atoms with Crippen LogP contribution in [0.5, 0.6) is 11.5 Å². The molecule has 0 fully saturated rings. The number of halogens is 2. The molecule has 0 saturated heterocycles. The zero-order valence-corrected chi connectivity index (χ0v) is 9.70. The number of hydrogen-bond acceptors (Lipinski definition) is 3. The van der Waals surface area contributed by atoms with E-state index >= 15 is 0 Å². The number of hydrogen-bond donors (Lipinski definition) is 0. The zero-order chi connectivity index (χ0) is 12.8. The van der Waals surface area contributed by atoms with Crippen molar-refractivity contribution in [3.63, 3.8) is 0 Å². The molecule has 3 nitrogen and oxygen atoms in total. The first-order valence-corrected chi connectivity index (χ1v) is 5.10. The van der Waals surface area contributed by atoms with Crippen LogP contribution in [0.2, 0.25) is 0 Å². The first kappa shape index (κ1) is 13.4. The van der Waals surface area contributed by atoms with Gasteiger partial charge in [-0.25, -0.2) is 8.78 Å². The van der Waals surface area contributed by atoms with Crippen LogP contribution < -0.4 is 9.47 Å². The monoisotopic (exact) mass is 244 g/mol. The molecule has 1 aromatic carbocycles. The molecule has 0 bridgehead atoms. The van der Waals surface area contributed by atoms with Gasteiger partial charge in [-0.15, -0.1) is 0 Å². The zero-order valence-electron chi connectivity index (χ0n) is 9.70. The van der Waals surface area contributed by atoms with Crippen molar-refractivity contribution in [2.24, 2.45) is 0 Å². The molecule has 94 valence electrons. The summed E-state index contributed by atoms with van der Waals surface area (Å²) in [4.78, 5) is 10.3. The Hall–Kier alpha value is -1.65. The number of carbonyl (C=O) groups is 1. The van der Waals surface area contributed by atoms with E-state index in [0.717, 1.165) is 6.29 Å². The maximum atomic E-state index is 12.8. The maximum absolute atomic E-state index is 12.8. The van der Waals surface area contributed by atoms with E-state index in [1.54, 1.807) is 6.07 Å². The number of benzene rings is 1. The van der Waals surface area contributed by atoms with Gasteiger partial charge in [0.05, 0.1) is 19.8 Å². The molecule has 0 aromatic heterocycles. The average Bonchev–Trinajstić information content (AvgIpc) is 2.34. The number of methoxy groups -OCH3 is 2. The van der Waals surface area contributed by atoms with Gasteiger partial charge in [-0.3, -0.25) is 0 Å². The third kappa shape index (κ3) is 3.15. The van der Waals surface area contributed by atoms with Crippen LogP contribution in [0.25, 0.3) is 0 Å². The van der Waals surface area contributed by atoms with E-state index in [4.69, 9.17) is 9.47 Å². The molecular weight excluding hydrogens is 230 g/mol. The highest BCUT2D eigenvalue weighted by molar-refractivity contribution is 5.53. The van der Waals surface area contributed by atoms with Gasteiger partial charge in [0.25, 0.3) is 6.43 Å². The summed E-state index contributed by atoms with van der Waals surface area (Å²) >= 11 is 0. The lowest BCUT2D eigenvalue weighted by Crippen LogP contribution is -1.99. The van der Waals surface area contributed by atoms with Crippen molar-refractivity contribution in [1.82, 2.24) is 0 Å². The molecule has 0 aliphatic rings. The molecule has 0 N–H and O–H groups in total. The molecule has 0 unspecified atom stereocenters. The predicted molar refractivity (Wildman–Crippen MR) is 58.9 cm³/mol. The van der Waals surface area contributed by atoms with Crippen LogP contribution in [0.4, 0.5) is 8.78 Å². The smallest absolute Gasteiger partial charge is 0.267 e. The van der Waals surface area contributed by atoms with Crippen LogP contribution in [0.1, 0.15) is 24.0 Å². The van der Waals surface area contributed by atoms with E-state index in [9.17, 15) is 13.6 Å². The number of alkyl halides is 2. The molecule has 1 rings (SSSR count). The second kappa shape index (κ2) is 6.18. The lowest BCUT2D eigenvalue weighted by atomic mass is 10.0. The van der Waals surface area contributed by atoms with E-state index in [0.29, 0.717) is 12.0 Å². The molecule has 0 aliphatic carbocycles. The minimum absolute atomic E-state index is 0.0392. The summed E-state index contributed by atoms with van der Waals surface area (Å²) in [5.41, 5.74) is 0.415. The van der Waals surface area contributed by atoms with Gasteiger partial charge in [-0.1, -0.05) is 0 Å². The average molecular weight is 244 g/mol. The van der Waals surface area contributed by atoms with Crippen molar-refractivity contribution in [3.05, 3.63) is 23.3 Å². The Kier molecular flexibility index (Phi) is 4.87. The van der Waals surface area contributed by atoms with Crippen molar-refractivity contribution in [1.29, 1.82) is 0 Å². The molecule has 5 heteroatoms. The minimum atomic E-state index is -2.64. The fraction of sp³-hybridized carbons (Fsp3) is 0.417. The van der Waals surface area contributed by atoms with E-state index < -0.39 is 6.43 Å². The van der Waals surface area contributed by atoms with Crippen LogP contribution in [-0.4, -0.2) is 20.5 Å². The van der Waals surface area contributed by atoms with E-state index in [-0.39, 0.29) is 23.5 Å². The highest BCUT2D eigenvalue weighted by Crippen LogP contribution is 2.38. The summed E-state index contributed by atoms with van der Waals surface area (Å²) in [6, 6.07) is 2.95. The SMILES string of the molecule is COc1cc(CCC=O)cc(C(F)F)c1OC. The van der Waals surface area contributed by atoms with Crippen molar-refractivity contribution in [2.75, 3.05) is 14.2 Å². The summed E-state index contributed by atoms with van der Waals surface area (Å²) in [5.74, 6) is 0.295. The Morgan fingerprint density at radius 2 is 2.00 bits per heavy atom. The Balaban J connectivity index is 3.19. The Labute approximate surface area is 98.3 Å². The first-order valence-electron chi connectivity index (χ1n) is 5.10. The van der Waals surface area contributed by atoms with Crippen molar-refractivity contribution in [2.45, 2.75) is 19.3 Å². The highest BCUT2D eigenvalue weighted by Gasteiger charge is 2.19. The summed E-state index contributed by atoms with van der Waals surface area (Å²) in [7, 11) is 2.70. The first-order chi connectivity index (χ1) is 8.13. The van der Waals surface area contributed by atoms with E-state index in [1.807, 2.05) is 0 Å². The quantitative estimate of drug-likeness (QED) is 0.722. The van der Waals surface area contributed by atoms with Gasteiger partial charge < -0.3 is 14.3 Å². The largest absolute Gasteiger partial charge is 0.493 e. The van der Waals surface area contributed by atoms with Crippen LogP contribution in [0.3, 0.4) is 0 Å². The molecule has 0 amide bonds. The fourth-order valence-corrected chi connectivity index (χ4v) is 1.59. The lowest BCUT2D eigenvalue weighted by molar-refractivity contribution is -0.107.